The van der Waals surface area contributed by atoms with Gasteiger partial charge < -0.3 is 11.2 Å². The maximum absolute atomic E-state index is 13.1. The van der Waals surface area contributed by atoms with E-state index in [1.807, 2.05) is 19.1 Å². The Kier molecular flexibility index (Phi) is 6.45. The van der Waals surface area contributed by atoms with Crippen molar-refractivity contribution in [2.75, 3.05) is 11.2 Å². The first-order valence-corrected chi connectivity index (χ1v) is 10.6. The van der Waals surface area contributed by atoms with Gasteiger partial charge in [-0.25, -0.2) is 9.07 Å². The Labute approximate surface area is 180 Å². The van der Waals surface area contributed by atoms with Crippen LogP contribution in [0.25, 0.3) is 11.4 Å². The van der Waals surface area contributed by atoms with Crippen LogP contribution in [0.2, 0.25) is 0 Å². The Morgan fingerprint density at radius 3 is 2.33 bits per heavy atom. The van der Waals surface area contributed by atoms with Gasteiger partial charge in [0.15, 0.2) is 5.82 Å². The van der Waals surface area contributed by atoms with E-state index in [0.29, 0.717) is 23.1 Å². The minimum Gasteiger partial charge on any atom is -0.335 e. The number of amides is 1. The predicted molar refractivity (Wildman–Crippen MR) is 119 cm³/mol. The van der Waals surface area contributed by atoms with E-state index >= 15 is 0 Å². The smallest absolute Gasteiger partial charge is 0.237 e. The molecule has 3 N–H and O–H groups in total. The molecule has 1 aromatic heterocycles. The lowest BCUT2D eigenvalue weighted by atomic mass is 9.87. The number of carbonyl (C=O) groups excluding carboxylic acids is 1. The molecule has 0 spiro atoms. The number of hydrogen-bond donors (Lipinski definition) is 2. The molecule has 0 saturated carbocycles. The van der Waals surface area contributed by atoms with E-state index in [1.54, 1.807) is 0 Å². The fourth-order valence-electron chi connectivity index (χ4n) is 2.88. The number of carbonyl (C=O) groups is 1. The number of anilines is 1. The van der Waals surface area contributed by atoms with E-state index in [9.17, 15) is 9.18 Å². The molecule has 0 aliphatic carbocycles. The van der Waals surface area contributed by atoms with Crippen LogP contribution >= 0.6 is 11.8 Å². The zero-order valence-electron chi connectivity index (χ0n) is 17.5. The minimum atomic E-state index is -0.419. The molecule has 3 aromatic rings. The summed E-state index contributed by atoms with van der Waals surface area (Å²) in [5.41, 5.74) is 2.66. The van der Waals surface area contributed by atoms with Crippen molar-refractivity contribution in [3.05, 3.63) is 59.9 Å². The molecule has 0 aliphatic heterocycles. The summed E-state index contributed by atoms with van der Waals surface area (Å²) in [7, 11) is 0. The van der Waals surface area contributed by atoms with Crippen LogP contribution in [0.3, 0.4) is 0 Å². The third kappa shape index (κ3) is 4.99. The number of nitrogens with zero attached hydrogens (tertiary/aromatic N) is 3. The van der Waals surface area contributed by atoms with Crippen molar-refractivity contribution in [1.82, 2.24) is 14.9 Å². The fourth-order valence-corrected chi connectivity index (χ4v) is 3.75. The minimum absolute atomic E-state index is 0.0577. The van der Waals surface area contributed by atoms with Crippen LogP contribution < -0.4 is 11.2 Å². The molecule has 1 atom stereocenters. The summed E-state index contributed by atoms with van der Waals surface area (Å²) in [5.74, 6) is 6.21. The van der Waals surface area contributed by atoms with Crippen LogP contribution in [0.4, 0.5) is 10.1 Å². The summed E-state index contributed by atoms with van der Waals surface area (Å²) in [5, 5.41) is 11.2. The first-order chi connectivity index (χ1) is 14.2. The first kappa shape index (κ1) is 21.8. The summed E-state index contributed by atoms with van der Waals surface area (Å²) in [6, 6.07) is 13.7. The molecule has 1 unspecified atom stereocenters. The monoisotopic (exact) mass is 427 g/mol. The maximum atomic E-state index is 13.1. The molecular formula is C22H26FN5OS. The number of benzene rings is 2. The maximum Gasteiger partial charge on any atom is 0.237 e. The highest BCUT2D eigenvalue weighted by atomic mass is 32.2. The number of nitrogens with one attached hydrogen (secondary N) is 1. The molecule has 0 aliphatic rings. The van der Waals surface area contributed by atoms with Gasteiger partial charge in [-0.2, -0.15) is 0 Å². The highest BCUT2D eigenvalue weighted by molar-refractivity contribution is 8.00. The van der Waals surface area contributed by atoms with Gasteiger partial charge in [-0.05, 0) is 41.7 Å². The topological polar surface area (TPSA) is 85.8 Å². The van der Waals surface area contributed by atoms with Crippen molar-refractivity contribution in [3.63, 3.8) is 0 Å². The predicted octanol–water partition coefficient (Wildman–Crippen LogP) is 4.60. The van der Waals surface area contributed by atoms with Crippen molar-refractivity contribution in [3.8, 4) is 11.4 Å². The first-order valence-electron chi connectivity index (χ1n) is 9.73. The van der Waals surface area contributed by atoms with Crippen LogP contribution in [0.15, 0.2) is 53.7 Å². The van der Waals surface area contributed by atoms with Crippen molar-refractivity contribution in [2.24, 2.45) is 0 Å². The number of nitrogen functional groups attached to an aromatic ring is 1. The van der Waals surface area contributed by atoms with Gasteiger partial charge in [0, 0.05) is 11.3 Å². The summed E-state index contributed by atoms with van der Waals surface area (Å²) < 4.78 is 14.5. The van der Waals surface area contributed by atoms with Gasteiger partial charge in [-0.1, -0.05) is 63.7 Å². The van der Waals surface area contributed by atoms with Gasteiger partial charge in [-0.15, -0.1) is 10.2 Å². The standard InChI is InChI=1S/C22H26FN5OS/c1-5-18(20(29)25-17-12-10-16(23)11-13-17)30-21-27-26-19(28(21)24)14-6-8-15(9-7-14)22(2,3)4/h6-13,18H,5,24H2,1-4H3,(H,25,29). The number of rotatable bonds is 6. The number of hydrogen-bond acceptors (Lipinski definition) is 5. The number of aromatic nitrogens is 3. The molecule has 0 saturated heterocycles. The van der Waals surface area contributed by atoms with Crippen molar-refractivity contribution < 1.29 is 9.18 Å². The fraction of sp³-hybridized carbons (Fsp3) is 0.318. The lowest BCUT2D eigenvalue weighted by molar-refractivity contribution is -0.115. The zero-order chi connectivity index (χ0) is 21.9. The van der Waals surface area contributed by atoms with Crippen LogP contribution in [-0.2, 0) is 10.2 Å². The van der Waals surface area contributed by atoms with Crippen LogP contribution in [0.1, 0.15) is 39.7 Å². The number of nitrogens with two attached hydrogens (primary N) is 1. The van der Waals surface area contributed by atoms with Crippen LogP contribution in [-0.4, -0.2) is 26.0 Å². The summed E-state index contributed by atoms with van der Waals surface area (Å²) in [6.07, 6.45) is 0.570. The second kappa shape index (κ2) is 8.87. The normalized spacial score (nSPS) is 12.6. The Hall–Kier alpha value is -2.87. The quantitative estimate of drug-likeness (QED) is 0.443. The molecular weight excluding hydrogens is 401 g/mol. The van der Waals surface area contributed by atoms with Crippen LogP contribution in [0.5, 0.6) is 0 Å². The van der Waals surface area contributed by atoms with Gasteiger partial charge in [0.1, 0.15) is 5.82 Å². The molecule has 158 valence electrons. The molecule has 0 fully saturated rings. The highest BCUT2D eigenvalue weighted by Gasteiger charge is 2.23. The van der Waals surface area contributed by atoms with Gasteiger partial charge in [0.2, 0.25) is 11.1 Å². The van der Waals surface area contributed by atoms with Gasteiger partial charge in [-0.3, -0.25) is 4.79 Å². The number of thioether (sulfide) groups is 1. The molecule has 1 amide bonds. The average molecular weight is 428 g/mol. The van der Waals surface area contributed by atoms with E-state index in [0.717, 1.165) is 5.56 Å². The largest absolute Gasteiger partial charge is 0.335 e. The average Bonchev–Trinajstić information content (AvgIpc) is 3.07. The lowest BCUT2D eigenvalue weighted by Crippen LogP contribution is -2.25. The summed E-state index contributed by atoms with van der Waals surface area (Å²) >= 11 is 1.25. The summed E-state index contributed by atoms with van der Waals surface area (Å²) in [6.45, 7) is 8.38. The second-order valence-electron chi connectivity index (χ2n) is 8.01. The molecule has 0 radical (unpaired) electrons. The molecule has 0 bridgehead atoms. The lowest BCUT2D eigenvalue weighted by Gasteiger charge is -2.19. The number of halogens is 1. The summed E-state index contributed by atoms with van der Waals surface area (Å²) in [4.78, 5) is 12.6. The molecule has 6 nitrogen and oxygen atoms in total. The van der Waals surface area contributed by atoms with Crippen LogP contribution in [0, 0.1) is 5.82 Å². The second-order valence-corrected chi connectivity index (χ2v) is 9.18. The van der Waals surface area contributed by atoms with Gasteiger partial charge in [0.25, 0.3) is 0 Å². The Morgan fingerprint density at radius 1 is 1.13 bits per heavy atom. The third-order valence-electron chi connectivity index (χ3n) is 4.70. The van der Waals surface area contributed by atoms with Gasteiger partial charge >= 0.3 is 0 Å². The van der Waals surface area contributed by atoms with E-state index in [2.05, 4.69) is 48.4 Å². The van der Waals surface area contributed by atoms with E-state index in [-0.39, 0.29) is 17.1 Å². The molecule has 3 rings (SSSR count). The molecule has 30 heavy (non-hydrogen) atoms. The van der Waals surface area contributed by atoms with Crippen molar-refractivity contribution in [2.45, 2.75) is 49.9 Å². The van der Waals surface area contributed by atoms with Crippen molar-refractivity contribution in [1.29, 1.82) is 0 Å². The van der Waals surface area contributed by atoms with E-state index in [4.69, 9.17) is 5.84 Å². The molecule has 8 heteroatoms. The zero-order valence-corrected chi connectivity index (χ0v) is 18.3. The molecule has 1 heterocycles. The van der Waals surface area contributed by atoms with E-state index in [1.165, 1.54) is 46.3 Å². The third-order valence-corrected chi connectivity index (χ3v) is 6.02. The van der Waals surface area contributed by atoms with E-state index < -0.39 is 5.25 Å². The Balaban J connectivity index is 1.74. The Morgan fingerprint density at radius 2 is 1.77 bits per heavy atom. The molecule has 2 aromatic carbocycles. The SMILES string of the molecule is CCC(Sc1nnc(-c2ccc(C(C)(C)C)cc2)n1N)C(=O)Nc1ccc(F)cc1. The van der Waals surface area contributed by atoms with Crippen molar-refractivity contribution >= 4 is 23.4 Å². The highest BCUT2D eigenvalue weighted by Crippen LogP contribution is 2.29. The Bertz CT molecular complexity index is 1010. The van der Waals surface area contributed by atoms with Gasteiger partial charge in [0.05, 0.1) is 5.25 Å².